The third kappa shape index (κ3) is 1.47. The number of fused-ring (bicyclic) bond motifs is 1. The van der Waals surface area contributed by atoms with E-state index >= 15 is 0 Å². The number of hydrogen-bond donors (Lipinski definition) is 0. The third-order valence-electron chi connectivity index (χ3n) is 2.81. The van der Waals surface area contributed by atoms with E-state index in [1.54, 1.807) is 0 Å². The highest BCUT2D eigenvalue weighted by Crippen LogP contribution is 2.44. The Bertz CT molecular complexity index is 424. The topological polar surface area (TPSA) is 39.2 Å². The predicted molar refractivity (Wildman–Crippen MR) is 52.1 cm³/mol. The molecule has 0 saturated heterocycles. The number of rotatable bonds is 1. The normalized spacial score (nSPS) is 28.3. The standard InChI is InChI=1S/C11H11F2NO2/c1-16-10(15)11(13)5-4-8(12)9-7(11)3-2-6-14-9/h2-3,6,8H,4-5H2,1H3/t8-,11-/m1/s1. The van der Waals surface area contributed by atoms with E-state index in [1.165, 1.54) is 18.3 Å². The number of carbonyl (C=O) groups excluding carboxylic acids is 1. The van der Waals surface area contributed by atoms with Crippen LogP contribution in [0.1, 0.15) is 30.3 Å². The highest BCUT2D eigenvalue weighted by molar-refractivity contribution is 5.81. The fraction of sp³-hybridized carbons (Fsp3) is 0.455. The molecule has 0 saturated carbocycles. The van der Waals surface area contributed by atoms with Crippen LogP contribution in [0, 0.1) is 0 Å². The molecule has 1 aromatic rings. The average molecular weight is 227 g/mol. The van der Waals surface area contributed by atoms with Crippen LogP contribution in [0.5, 0.6) is 0 Å². The van der Waals surface area contributed by atoms with Crippen molar-refractivity contribution in [2.75, 3.05) is 7.11 Å². The average Bonchev–Trinajstić information content (AvgIpc) is 2.33. The number of alkyl halides is 2. The van der Waals surface area contributed by atoms with E-state index in [9.17, 15) is 13.6 Å². The molecule has 3 nitrogen and oxygen atoms in total. The number of pyridine rings is 1. The van der Waals surface area contributed by atoms with Crippen molar-refractivity contribution in [3.8, 4) is 0 Å². The van der Waals surface area contributed by atoms with Crippen LogP contribution in [0.15, 0.2) is 18.3 Å². The summed E-state index contributed by atoms with van der Waals surface area (Å²) >= 11 is 0. The largest absolute Gasteiger partial charge is 0.466 e. The van der Waals surface area contributed by atoms with Crippen molar-refractivity contribution in [1.29, 1.82) is 0 Å². The molecule has 0 fully saturated rings. The lowest BCUT2D eigenvalue weighted by molar-refractivity contribution is -0.157. The maximum Gasteiger partial charge on any atom is 0.348 e. The van der Waals surface area contributed by atoms with Crippen molar-refractivity contribution in [2.45, 2.75) is 24.7 Å². The van der Waals surface area contributed by atoms with Crippen LogP contribution in [-0.2, 0) is 15.2 Å². The number of methoxy groups -OCH3 is 1. The zero-order valence-corrected chi connectivity index (χ0v) is 8.74. The molecular weight excluding hydrogens is 216 g/mol. The predicted octanol–water partition coefficient (Wildman–Crippen LogP) is 2.22. The minimum Gasteiger partial charge on any atom is -0.466 e. The monoisotopic (exact) mass is 227 g/mol. The first-order valence-corrected chi connectivity index (χ1v) is 4.96. The van der Waals surface area contributed by atoms with Crippen LogP contribution in [0.4, 0.5) is 8.78 Å². The maximum absolute atomic E-state index is 14.5. The van der Waals surface area contributed by atoms with E-state index < -0.39 is 17.8 Å². The van der Waals surface area contributed by atoms with Crippen molar-refractivity contribution in [3.05, 3.63) is 29.6 Å². The molecule has 0 aromatic carbocycles. The van der Waals surface area contributed by atoms with Gasteiger partial charge in [-0.05, 0) is 18.9 Å². The van der Waals surface area contributed by atoms with Crippen molar-refractivity contribution in [2.24, 2.45) is 0 Å². The van der Waals surface area contributed by atoms with Gasteiger partial charge in [-0.15, -0.1) is 0 Å². The Morgan fingerprint density at radius 2 is 2.44 bits per heavy atom. The molecule has 5 heteroatoms. The van der Waals surface area contributed by atoms with Gasteiger partial charge in [0.25, 0.3) is 0 Å². The van der Waals surface area contributed by atoms with Gasteiger partial charge in [-0.1, -0.05) is 6.07 Å². The highest BCUT2D eigenvalue weighted by Gasteiger charge is 2.48. The van der Waals surface area contributed by atoms with Gasteiger partial charge >= 0.3 is 5.97 Å². The Balaban J connectivity index is 2.53. The smallest absolute Gasteiger partial charge is 0.348 e. The number of esters is 1. The van der Waals surface area contributed by atoms with Gasteiger partial charge in [0.1, 0.15) is 6.17 Å². The van der Waals surface area contributed by atoms with E-state index in [-0.39, 0.29) is 24.1 Å². The zero-order valence-electron chi connectivity index (χ0n) is 8.74. The Labute approximate surface area is 91.4 Å². The van der Waals surface area contributed by atoms with Crippen LogP contribution in [0.2, 0.25) is 0 Å². The molecule has 1 aliphatic rings. The van der Waals surface area contributed by atoms with E-state index in [2.05, 4.69) is 9.72 Å². The van der Waals surface area contributed by atoms with Gasteiger partial charge in [0, 0.05) is 11.8 Å². The molecule has 0 aliphatic heterocycles. The fourth-order valence-electron chi connectivity index (χ4n) is 1.97. The van der Waals surface area contributed by atoms with E-state index in [4.69, 9.17) is 0 Å². The number of nitrogens with zero attached hydrogens (tertiary/aromatic N) is 1. The van der Waals surface area contributed by atoms with E-state index in [0.29, 0.717) is 0 Å². The molecule has 0 spiro atoms. The summed E-state index contributed by atoms with van der Waals surface area (Å²) in [4.78, 5) is 15.2. The molecule has 16 heavy (non-hydrogen) atoms. The second-order valence-corrected chi connectivity index (χ2v) is 3.74. The summed E-state index contributed by atoms with van der Waals surface area (Å²) in [6, 6.07) is 2.86. The minimum atomic E-state index is -2.26. The van der Waals surface area contributed by atoms with Gasteiger partial charge < -0.3 is 4.74 Å². The second-order valence-electron chi connectivity index (χ2n) is 3.74. The second kappa shape index (κ2) is 3.81. The molecule has 2 rings (SSSR count). The van der Waals surface area contributed by atoms with Gasteiger partial charge in [0.2, 0.25) is 5.67 Å². The molecule has 2 atom stereocenters. The lowest BCUT2D eigenvalue weighted by Crippen LogP contribution is -2.36. The van der Waals surface area contributed by atoms with Crippen LogP contribution < -0.4 is 0 Å². The quantitative estimate of drug-likeness (QED) is 0.690. The molecule has 0 unspecified atom stereocenters. The minimum absolute atomic E-state index is 0.00153. The van der Waals surface area contributed by atoms with Crippen molar-refractivity contribution in [1.82, 2.24) is 4.98 Å². The first-order valence-electron chi connectivity index (χ1n) is 4.96. The van der Waals surface area contributed by atoms with Crippen LogP contribution in [0.25, 0.3) is 0 Å². The molecule has 0 N–H and O–H groups in total. The number of hydrogen-bond acceptors (Lipinski definition) is 3. The number of halogens is 2. The summed E-state index contributed by atoms with van der Waals surface area (Å²) < 4.78 is 32.4. The number of ether oxygens (including phenoxy) is 1. The zero-order chi connectivity index (χ0) is 11.8. The van der Waals surface area contributed by atoms with E-state index in [1.807, 2.05) is 0 Å². The van der Waals surface area contributed by atoms with Gasteiger partial charge in [-0.2, -0.15) is 0 Å². The molecule has 86 valence electrons. The Morgan fingerprint density at radius 1 is 1.69 bits per heavy atom. The summed E-state index contributed by atoms with van der Waals surface area (Å²) in [5, 5.41) is 0. The van der Waals surface area contributed by atoms with Crippen LogP contribution >= 0.6 is 0 Å². The van der Waals surface area contributed by atoms with Gasteiger partial charge in [0.05, 0.1) is 12.8 Å². The molecule has 1 aromatic heterocycles. The van der Waals surface area contributed by atoms with Crippen molar-refractivity contribution < 1.29 is 18.3 Å². The summed E-state index contributed by atoms with van der Waals surface area (Å²) in [6.07, 6.45) is -0.200. The Morgan fingerprint density at radius 3 is 3.12 bits per heavy atom. The highest BCUT2D eigenvalue weighted by atomic mass is 19.1. The SMILES string of the molecule is COC(=O)[C@@]1(F)CC[C@@H](F)c2ncccc21. The summed E-state index contributed by atoms with van der Waals surface area (Å²) in [5.74, 6) is -0.992. The molecule has 0 bridgehead atoms. The molecule has 0 amide bonds. The first-order chi connectivity index (χ1) is 7.59. The van der Waals surface area contributed by atoms with Gasteiger partial charge in [-0.25, -0.2) is 13.6 Å². The van der Waals surface area contributed by atoms with Crippen LogP contribution in [0.3, 0.4) is 0 Å². The lowest BCUT2D eigenvalue weighted by Gasteiger charge is -2.30. The van der Waals surface area contributed by atoms with E-state index in [0.717, 1.165) is 7.11 Å². The molecule has 0 radical (unpaired) electrons. The molecule has 1 heterocycles. The van der Waals surface area contributed by atoms with Gasteiger partial charge in [-0.3, -0.25) is 4.98 Å². The lowest BCUT2D eigenvalue weighted by atomic mass is 9.82. The third-order valence-corrected chi connectivity index (χ3v) is 2.81. The summed E-state index contributed by atoms with van der Waals surface area (Å²) in [5.41, 5.74) is -2.27. The van der Waals surface area contributed by atoms with Gasteiger partial charge in [0.15, 0.2) is 0 Å². The Hall–Kier alpha value is -1.52. The first kappa shape index (κ1) is 11.0. The van der Waals surface area contributed by atoms with Crippen LogP contribution in [-0.4, -0.2) is 18.1 Å². The molecular formula is C11H11F2NO2. The molecule has 1 aliphatic carbocycles. The fourth-order valence-corrected chi connectivity index (χ4v) is 1.97. The Kier molecular flexibility index (Phi) is 2.61. The van der Waals surface area contributed by atoms with Crippen molar-refractivity contribution in [3.63, 3.8) is 0 Å². The van der Waals surface area contributed by atoms with Crippen molar-refractivity contribution >= 4 is 5.97 Å². The summed E-state index contributed by atoms with van der Waals surface area (Å²) in [6.45, 7) is 0. The maximum atomic E-state index is 14.5. The summed E-state index contributed by atoms with van der Waals surface area (Å²) in [7, 11) is 1.11. The number of aromatic nitrogens is 1. The number of carbonyl (C=O) groups is 1.